The van der Waals surface area contributed by atoms with Crippen molar-refractivity contribution in [2.45, 2.75) is 6.18 Å². The van der Waals surface area contributed by atoms with E-state index < -0.39 is 23.2 Å². The Morgan fingerprint density at radius 1 is 1.00 bits per heavy atom. The number of para-hydroxylation sites is 1. The molecule has 1 aromatic heterocycles. The summed E-state index contributed by atoms with van der Waals surface area (Å²) in [6.07, 6.45) is -4.63. The van der Waals surface area contributed by atoms with Gasteiger partial charge in [0.2, 0.25) is 6.29 Å². The van der Waals surface area contributed by atoms with Crippen LogP contribution in [0.25, 0.3) is 33.2 Å². The van der Waals surface area contributed by atoms with Crippen molar-refractivity contribution in [3.63, 3.8) is 0 Å². The first-order valence-corrected chi connectivity index (χ1v) is 10.1. The number of aromatic amines is 1. The van der Waals surface area contributed by atoms with E-state index in [0.717, 1.165) is 18.2 Å². The van der Waals surface area contributed by atoms with Crippen LogP contribution in [0.3, 0.4) is 0 Å². The highest BCUT2D eigenvalue weighted by atomic mass is 35.5. The summed E-state index contributed by atoms with van der Waals surface area (Å²) >= 11 is 6.11. The van der Waals surface area contributed by atoms with Crippen LogP contribution >= 0.6 is 11.6 Å². The first kappa shape index (κ1) is 23.1. The lowest BCUT2D eigenvalue weighted by Gasteiger charge is -2.18. The molecule has 0 bridgehead atoms. The second-order valence-corrected chi connectivity index (χ2v) is 7.71. The van der Waals surface area contributed by atoms with Crippen molar-refractivity contribution in [2.75, 3.05) is 5.32 Å². The zero-order chi connectivity index (χ0) is 24.6. The zero-order valence-corrected chi connectivity index (χ0v) is 17.8. The van der Waals surface area contributed by atoms with Crippen molar-refractivity contribution >= 4 is 40.4 Å². The molecule has 0 fully saturated rings. The lowest BCUT2D eigenvalue weighted by molar-refractivity contribution is -0.137. The van der Waals surface area contributed by atoms with Crippen LogP contribution in [0.5, 0.6) is 5.75 Å². The third kappa shape index (κ3) is 4.25. The number of anilines is 1. The number of amides is 1. The number of phenolic OH excluding ortho intramolecular Hbond substituents is 1. The first-order chi connectivity index (χ1) is 16.1. The lowest BCUT2D eigenvalue weighted by atomic mass is 9.90. The van der Waals surface area contributed by atoms with Crippen molar-refractivity contribution in [2.24, 2.45) is 0 Å². The number of rotatable bonds is 4. The molecular formula is C24H14ClF3N2O4. The van der Waals surface area contributed by atoms with Crippen molar-refractivity contribution < 1.29 is 27.9 Å². The normalized spacial score (nSPS) is 11.4. The van der Waals surface area contributed by atoms with E-state index in [9.17, 15) is 32.7 Å². The van der Waals surface area contributed by atoms with Crippen molar-refractivity contribution in [1.29, 1.82) is 0 Å². The van der Waals surface area contributed by atoms with E-state index in [0.29, 0.717) is 0 Å². The zero-order valence-electron chi connectivity index (χ0n) is 17.0. The number of fused-ring (bicyclic) bond motifs is 1. The Hall–Kier alpha value is -4.11. The van der Waals surface area contributed by atoms with Gasteiger partial charge in [-0.05, 0) is 42.5 Å². The number of hydrogen-bond acceptors (Lipinski definition) is 4. The van der Waals surface area contributed by atoms with E-state index in [-0.39, 0.29) is 55.9 Å². The monoisotopic (exact) mass is 486 g/mol. The third-order valence-electron chi connectivity index (χ3n) is 5.13. The summed E-state index contributed by atoms with van der Waals surface area (Å²) in [5, 5.41) is 13.1. The maximum Gasteiger partial charge on any atom is 0.416 e. The van der Waals surface area contributed by atoms with Crippen LogP contribution in [0.15, 0.2) is 65.5 Å². The van der Waals surface area contributed by atoms with E-state index >= 15 is 0 Å². The number of halogens is 4. The highest BCUT2D eigenvalue weighted by Gasteiger charge is 2.31. The van der Waals surface area contributed by atoms with Crippen molar-refractivity contribution in [1.82, 2.24) is 4.98 Å². The predicted molar refractivity (Wildman–Crippen MR) is 122 cm³/mol. The molecule has 0 saturated carbocycles. The number of hydrogen-bond donors (Lipinski definition) is 3. The number of phenols is 1. The number of carbonyl (C=O) groups is 2. The molecule has 34 heavy (non-hydrogen) atoms. The van der Waals surface area contributed by atoms with Gasteiger partial charge < -0.3 is 15.4 Å². The SMILES string of the molecule is O=CC(=O)Nc1ccccc1-c1c(-c2cc(Cl)ccc2O)c2cc(C(F)(F)F)ccc2[nH]c1=O. The second kappa shape index (κ2) is 8.68. The quantitative estimate of drug-likeness (QED) is 0.266. The molecule has 172 valence electrons. The molecule has 6 nitrogen and oxygen atoms in total. The van der Waals surface area contributed by atoms with Gasteiger partial charge in [0.15, 0.2) is 0 Å². The lowest BCUT2D eigenvalue weighted by Crippen LogP contribution is -2.16. The van der Waals surface area contributed by atoms with Crippen LogP contribution in [0.4, 0.5) is 18.9 Å². The summed E-state index contributed by atoms with van der Waals surface area (Å²) in [7, 11) is 0. The molecule has 4 aromatic rings. The summed E-state index contributed by atoms with van der Waals surface area (Å²) in [4.78, 5) is 38.4. The molecule has 10 heteroatoms. The molecule has 0 atom stereocenters. The van der Waals surface area contributed by atoms with Crippen molar-refractivity contribution in [3.05, 3.63) is 81.6 Å². The number of aromatic hydroxyl groups is 1. The summed E-state index contributed by atoms with van der Waals surface area (Å²) in [5.41, 5.74) is -1.55. The van der Waals surface area contributed by atoms with Gasteiger partial charge in [0, 0.05) is 38.3 Å². The number of pyridine rings is 1. The molecule has 3 aromatic carbocycles. The van der Waals surface area contributed by atoms with Crippen LogP contribution in [0.1, 0.15) is 5.56 Å². The Labute approximate surface area is 194 Å². The molecular weight excluding hydrogens is 473 g/mol. The largest absolute Gasteiger partial charge is 0.507 e. The molecule has 0 aliphatic heterocycles. The van der Waals surface area contributed by atoms with Crippen LogP contribution < -0.4 is 10.9 Å². The number of aromatic nitrogens is 1. The average molecular weight is 487 g/mol. The standard InChI is InChI=1S/C24H14ClF3N2O4/c25-13-6-8-19(32)16(10-13)21-15-9-12(24(26,27)28)5-7-18(15)30-23(34)22(21)14-3-1-2-4-17(14)29-20(33)11-31/h1-11,32H,(H,29,33)(H,30,34). The number of H-pyrrole nitrogens is 1. The number of nitrogens with one attached hydrogen (secondary N) is 2. The molecule has 1 amide bonds. The Morgan fingerprint density at radius 2 is 1.74 bits per heavy atom. The van der Waals surface area contributed by atoms with Crippen LogP contribution in [0.2, 0.25) is 5.02 Å². The summed E-state index contributed by atoms with van der Waals surface area (Å²) in [5.74, 6) is -1.32. The van der Waals surface area contributed by atoms with E-state index in [1.165, 1.54) is 36.4 Å². The Morgan fingerprint density at radius 3 is 2.44 bits per heavy atom. The highest BCUT2D eigenvalue weighted by Crippen LogP contribution is 2.43. The topological polar surface area (TPSA) is 99.3 Å². The molecule has 0 aliphatic rings. The second-order valence-electron chi connectivity index (χ2n) is 7.28. The van der Waals surface area contributed by atoms with Crippen LogP contribution in [0, 0.1) is 0 Å². The number of alkyl halides is 3. The minimum atomic E-state index is -4.67. The van der Waals surface area contributed by atoms with Gasteiger partial charge in [0.05, 0.1) is 11.1 Å². The van der Waals surface area contributed by atoms with Gasteiger partial charge >= 0.3 is 6.18 Å². The van der Waals surface area contributed by atoms with Gasteiger partial charge in [0.25, 0.3) is 11.5 Å². The molecule has 0 radical (unpaired) electrons. The summed E-state index contributed by atoms with van der Waals surface area (Å²) < 4.78 is 40.6. The smallest absolute Gasteiger partial charge is 0.416 e. The van der Waals surface area contributed by atoms with Gasteiger partial charge in [-0.2, -0.15) is 13.2 Å². The Kier molecular flexibility index (Phi) is 5.89. The fourth-order valence-corrected chi connectivity index (χ4v) is 3.86. The highest BCUT2D eigenvalue weighted by molar-refractivity contribution is 6.31. The van der Waals surface area contributed by atoms with E-state index in [4.69, 9.17) is 11.6 Å². The molecule has 0 unspecified atom stereocenters. The minimum absolute atomic E-state index is 0.00874. The molecule has 0 spiro atoms. The first-order valence-electron chi connectivity index (χ1n) is 9.72. The van der Waals surface area contributed by atoms with Crippen LogP contribution in [-0.4, -0.2) is 22.3 Å². The van der Waals surface area contributed by atoms with Gasteiger partial charge in [-0.3, -0.25) is 14.4 Å². The van der Waals surface area contributed by atoms with E-state index in [2.05, 4.69) is 10.3 Å². The Bertz CT molecular complexity index is 1510. The van der Waals surface area contributed by atoms with Gasteiger partial charge in [-0.25, -0.2) is 0 Å². The number of aldehydes is 1. The maximum atomic E-state index is 13.5. The molecule has 0 aliphatic carbocycles. The van der Waals surface area contributed by atoms with Crippen LogP contribution in [-0.2, 0) is 15.8 Å². The van der Waals surface area contributed by atoms with Gasteiger partial charge in [-0.1, -0.05) is 29.8 Å². The predicted octanol–water partition coefficient (Wildman–Crippen LogP) is 5.38. The fraction of sp³-hybridized carbons (Fsp3) is 0.0417. The molecule has 1 heterocycles. The van der Waals surface area contributed by atoms with E-state index in [1.54, 1.807) is 6.07 Å². The maximum absolute atomic E-state index is 13.5. The average Bonchev–Trinajstić information content (AvgIpc) is 2.79. The number of carbonyl (C=O) groups excluding carboxylic acids is 2. The minimum Gasteiger partial charge on any atom is -0.507 e. The molecule has 3 N–H and O–H groups in total. The van der Waals surface area contributed by atoms with Crippen molar-refractivity contribution in [3.8, 4) is 28.0 Å². The Balaban J connectivity index is 2.18. The number of benzene rings is 3. The summed E-state index contributed by atoms with van der Waals surface area (Å²) in [6, 6.07) is 12.7. The van der Waals surface area contributed by atoms with E-state index in [1.807, 2.05) is 0 Å². The van der Waals surface area contributed by atoms with Gasteiger partial charge in [-0.15, -0.1) is 0 Å². The third-order valence-corrected chi connectivity index (χ3v) is 5.37. The molecule has 0 saturated heterocycles. The molecule has 4 rings (SSSR count). The summed E-state index contributed by atoms with van der Waals surface area (Å²) in [6.45, 7) is 0. The fourth-order valence-electron chi connectivity index (χ4n) is 3.69. The van der Waals surface area contributed by atoms with Gasteiger partial charge in [0.1, 0.15) is 5.75 Å².